The zero-order valence-electron chi connectivity index (χ0n) is 28.0. The maximum atomic E-state index is 12.6. The van der Waals surface area contributed by atoms with Gasteiger partial charge in [-0.15, -0.1) is 0 Å². The van der Waals surface area contributed by atoms with Gasteiger partial charge in [0.1, 0.15) is 10.0 Å². The predicted molar refractivity (Wildman–Crippen MR) is 208 cm³/mol. The van der Waals surface area contributed by atoms with Gasteiger partial charge in [-0.05, 0) is 71.6 Å². The van der Waals surface area contributed by atoms with Crippen molar-refractivity contribution in [3.8, 4) is 44.1 Å². The molecule has 0 aliphatic carbocycles. The van der Waals surface area contributed by atoms with Gasteiger partial charge in [-0.3, -0.25) is 0 Å². The number of sulfonamides is 1. The van der Waals surface area contributed by atoms with E-state index in [1.165, 1.54) is 76.4 Å². The molecule has 0 aliphatic rings. The number of nitrogens with zero attached hydrogens (tertiary/aromatic N) is 4. The summed E-state index contributed by atoms with van der Waals surface area (Å²) in [5.41, 5.74) is 7.19. The van der Waals surface area contributed by atoms with Crippen molar-refractivity contribution in [1.29, 1.82) is 0 Å². The van der Waals surface area contributed by atoms with Crippen molar-refractivity contribution in [2.75, 3.05) is 38.9 Å². The maximum absolute atomic E-state index is 12.6. The Morgan fingerprint density at radius 2 is 1.04 bits per heavy atom. The topological polar surface area (TPSA) is 195 Å². The molecule has 14 nitrogen and oxygen atoms in total. The zero-order valence-corrected chi connectivity index (χ0v) is 33.5. The van der Waals surface area contributed by atoms with E-state index in [9.17, 15) is 16.8 Å². The van der Waals surface area contributed by atoms with Crippen LogP contribution in [0.5, 0.6) is 23.0 Å². The van der Waals surface area contributed by atoms with E-state index in [0.29, 0.717) is 44.0 Å². The van der Waals surface area contributed by atoms with Crippen molar-refractivity contribution >= 4 is 87.9 Å². The number of hydrogen-bond acceptors (Lipinski definition) is 15. The van der Waals surface area contributed by atoms with Crippen LogP contribution in [0.2, 0.25) is 10.0 Å². The van der Waals surface area contributed by atoms with Gasteiger partial charge in [0.25, 0.3) is 19.1 Å². The van der Waals surface area contributed by atoms with Crippen LogP contribution in [0.25, 0.3) is 21.1 Å². The zero-order chi connectivity index (χ0) is 38.8. The number of halogens is 3. The molecule has 0 radical (unpaired) electrons. The lowest BCUT2D eigenvalue weighted by Crippen LogP contribution is -2.14. The summed E-state index contributed by atoms with van der Waals surface area (Å²) in [6, 6.07) is 22.9. The standard InChI is InChI=1S/C16H14ClN3O4S2.C8H6ClN3S.C8H9ClO4S/c1-23-13-8-7-12(9-14(13)24-2)26(21,22)20-16-18-15(25-19-16)10-3-5-11(17)6-4-10;9-6-3-1-5(2-4-6)7-11-8(10)12-13-7;1-12-7-4-3-6(14(9,10)11)5-8(7)13-2/h3-9H,1-2H3,(H,19,20);1-4H,(H2,10,12);3-5H,1-2H3. The number of aromatic nitrogens is 4. The first-order valence-electron chi connectivity index (χ1n) is 14.5. The first kappa shape index (κ1) is 41.3. The summed E-state index contributed by atoms with van der Waals surface area (Å²) in [7, 11) is 3.35. The van der Waals surface area contributed by atoms with Crippen molar-refractivity contribution in [2.45, 2.75) is 9.79 Å². The van der Waals surface area contributed by atoms with E-state index in [1.807, 2.05) is 24.3 Å². The number of anilines is 2. The molecule has 6 rings (SSSR count). The van der Waals surface area contributed by atoms with Gasteiger partial charge in [-0.2, -0.15) is 18.7 Å². The molecule has 53 heavy (non-hydrogen) atoms. The van der Waals surface area contributed by atoms with Crippen LogP contribution in [-0.2, 0) is 19.1 Å². The molecule has 6 aromatic rings. The largest absolute Gasteiger partial charge is 0.493 e. The average Bonchev–Trinajstić information content (AvgIpc) is 3.80. The number of hydrogen-bond donors (Lipinski definition) is 2. The molecule has 280 valence electrons. The Morgan fingerprint density at radius 3 is 1.47 bits per heavy atom. The van der Waals surface area contributed by atoms with Gasteiger partial charge in [0.2, 0.25) is 11.9 Å². The molecule has 0 bridgehead atoms. The van der Waals surface area contributed by atoms with Gasteiger partial charge < -0.3 is 24.7 Å². The molecule has 0 atom stereocenters. The lowest BCUT2D eigenvalue weighted by molar-refractivity contribution is 0.354. The van der Waals surface area contributed by atoms with E-state index in [-0.39, 0.29) is 15.7 Å². The number of rotatable bonds is 10. The Labute approximate surface area is 328 Å². The summed E-state index contributed by atoms with van der Waals surface area (Å²) in [6.07, 6.45) is 0. The Bertz CT molecular complexity index is 2360. The molecule has 0 saturated heterocycles. The highest BCUT2D eigenvalue weighted by molar-refractivity contribution is 8.13. The van der Waals surface area contributed by atoms with Crippen molar-refractivity contribution in [3.05, 3.63) is 95.0 Å². The summed E-state index contributed by atoms with van der Waals surface area (Å²) in [6.45, 7) is 0. The molecule has 0 unspecified atom stereocenters. The van der Waals surface area contributed by atoms with E-state index >= 15 is 0 Å². The third-order valence-corrected chi connectivity index (χ3v) is 11.3. The normalized spacial score (nSPS) is 10.9. The number of nitrogens with two attached hydrogens (primary N) is 1. The van der Waals surface area contributed by atoms with Gasteiger partial charge in [0.05, 0.1) is 38.2 Å². The molecule has 0 fully saturated rings. The van der Waals surface area contributed by atoms with Crippen molar-refractivity contribution in [2.24, 2.45) is 0 Å². The van der Waals surface area contributed by atoms with Gasteiger partial charge >= 0.3 is 0 Å². The Morgan fingerprint density at radius 1 is 0.604 bits per heavy atom. The highest BCUT2D eigenvalue weighted by Gasteiger charge is 2.20. The van der Waals surface area contributed by atoms with Gasteiger partial charge in [-0.1, -0.05) is 47.5 Å². The molecule has 0 aliphatic heterocycles. The summed E-state index contributed by atoms with van der Waals surface area (Å²) in [5, 5.41) is 2.70. The van der Waals surface area contributed by atoms with Crippen LogP contribution < -0.4 is 29.4 Å². The highest BCUT2D eigenvalue weighted by atomic mass is 35.7. The van der Waals surface area contributed by atoms with Crippen molar-refractivity contribution in [3.63, 3.8) is 0 Å². The predicted octanol–water partition coefficient (Wildman–Crippen LogP) is 7.75. The molecule has 0 spiro atoms. The minimum absolute atomic E-state index is 0.00488. The summed E-state index contributed by atoms with van der Waals surface area (Å²) in [4.78, 5) is 8.26. The van der Waals surface area contributed by atoms with Crippen LogP contribution in [0.3, 0.4) is 0 Å². The quantitative estimate of drug-likeness (QED) is 0.127. The van der Waals surface area contributed by atoms with E-state index in [0.717, 1.165) is 27.7 Å². The van der Waals surface area contributed by atoms with E-state index < -0.39 is 19.1 Å². The van der Waals surface area contributed by atoms with Crippen LogP contribution >= 0.6 is 56.9 Å². The van der Waals surface area contributed by atoms with Crippen molar-refractivity contribution in [1.82, 2.24) is 18.7 Å². The number of benzene rings is 4. The van der Waals surface area contributed by atoms with Crippen LogP contribution in [0, 0.1) is 0 Å². The Kier molecular flexibility index (Phi) is 14.5. The van der Waals surface area contributed by atoms with Crippen LogP contribution in [-0.4, -0.2) is 64.0 Å². The minimum Gasteiger partial charge on any atom is -0.493 e. The molecule has 21 heteroatoms. The first-order chi connectivity index (χ1) is 25.2. The minimum atomic E-state index is -3.87. The number of nitrogen functional groups attached to an aromatic ring is 1. The SMILES string of the molecule is COc1ccc(S(=O)(=O)Cl)cc1OC.COc1ccc(S(=O)(=O)Nc2nsc(-c3ccc(Cl)cc3)n2)cc1OC.Nc1nsc(-c2ccc(Cl)cc2)n1. The number of methoxy groups -OCH3 is 4. The van der Waals surface area contributed by atoms with Gasteiger partial charge in [-0.25, -0.2) is 21.6 Å². The maximum Gasteiger partial charge on any atom is 0.264 e. The fraction of sp³-hybridized carbons (Fsp3) is 0.125. The highest BCUT2D eigenvalue weighted by Crippen LogP contribution is 2.32. The molecular formula is C32H29Cl3N6O8S4. The Balaban J connectivity index is 0.000000196. The lowest BCUT2D eigenvalue weighted by atomic mass is 10.2. The van der Waals surface area contributed by atoms with Crippen LogP contribution in [0.15, 0.2) is 94.7 Å². The molecule has 0 amide bonds. The smallest absolute Gasteiger partial charge is 0.264 e. The third kappa shape index (κ3) is 11.5. The van der Waals surface area contributed by atoms with Gasteiger partial charge in [0, 0.05) is 44.0 Å². The van der Waals surface area contributed by atoms with Crippen LogP contribution in [0.4, 0.5) is 11.9 Å². The summed E-state index contributed by atoms with van der Waals surface area (Å²) < 4.78 is 77.5. The fourth-order valence-electron chi connectivity index (χ4n) is 4.05. The van der Waals surface area contributed by atoms with E-state index in [4.69, 9.17) is 58.6 Å². The molecule has 2 aromatic heterocycles. The summed E-state index contributed by atoms with van der Waals surface area (Å²) in [5.74, 6) is 1.84. The fourth-order valence-corrected chi connectivity index (χ4v) is 7.31. The number of nitrogens with one attached hydrogen (secondary N) is 1. The molecule has 3 N–H and O–H groups in total. The Hall–Kier alpha value is -4.43. The van der Waals surface area contributed by atoms with Gasteiger partial charge in [0.15, 0.2) is 23.0 Å². The second-order valence-corrected chi connectivity index (χ2v) is 16.6. The monoisotopic (exact) mass is 858 g/mol. The molecule has 4 aromatic carbocycles. The molecular weight excluding hydrogens is 831 g/mol. The molecule has 2 heterocycles. The number of ether oxygens (including phenoxy) is 4. The average molecular weight is 860 g/mol. The molecule has 0 saturated carbocycles. The van der Waals surface area contributed by atoms with E-state index in [1.54, 1.807) is 24.3 Å². The lowest BCUT2D eigenvalue weighted by Gasteiger charge is -2.10. The van der Waals surface area contributed by atoms with Crippen molar-refractivity contribution < 1.29 is 35.8 Å². The van der Waals surface area contributed by atoms with E-state index in [2.05, 4.69) is 23.4 Å². The third-order valence-electron chi connectivity index (χ3n) is 6.58. The summed E-state index contributed by atoms with van der Waals surface area (Å²) >= 11 is 14.0. The second-order valence-electron chi connectivity index (χ2n) is 9.97. The second kappa shape index (κ2) is 18.6. The first-order valence-corrected chi connectivity index (χ1v) is 20.6. The van der Waals surface area contributed by atoms with Crippen LogP contribution in [0.1, 0.15) is 0 Å².